The summed E-state index contributed by atoms with van der Waals surface area (Å²) in [5, 5.41) is 15.4. The van der Waals surface area contributed by atoms with E-state index < -0.39 is 23.3 Å². The monoisotopic (exact) mass is 432 g/mol. The van der Waals surface area contributed by atoms with Gasteiger partial charge in [-0.2, -0.15) is 18.3 Å². The zero-order chi connectivity index (χ0) is 21.4. The first kappa shape index (κ1) is 20.4. The first-order valence-corrected chi connectivity index (χ1v) is 9.98. The fraction of sp³-hybridized carbons (Fsp3) is 0.136. The summed E-state index contributed by atoms with van der Waals surface area (Å²) in [4.78, 5) is 0.302. The smallest absolute Gasteiger partial charge is 0.376 e. The molecule has 0 fully saturated rings. The van der Waals surface area contributed by atoms with Crippen molar-refractivity contribution in [3.63, 3.8) is 0 Å². The number of halogens is 4. The highest BCUT2D eigenvalue weighted by molar-refractivity contribution is 7.99. The maximum absolute atomic E-state index is 13.9. The molecular weight excluding hydrogens is 416 g/mol. The summed E-state index contributed by atoms with van der Waals surface area (Å²) in [5.41, 5.74) is -2.01. The molecule has 3 nitrogen and oxygen atoms in total. The molecule has 4 aromatic rings. The predicted octanol–water partition coefficient (Wildman–Crippen LogP) is 5.71. The molecule has 0 amide bonds. The minimum Gasteiger partial charge on any atom is -0.376 e. The Morgan fingerprint density at radius 3 is 2.40 bits per heavy atom. The molecule has 0 aliphatic heterocycles. The van der Waals surface area contributed by atoms with Gasteiger partial charge in [-0.1, -0.05) is 30.3 Å². The Kier molecular flexibility index (Phi) is 5.29. The summed E-state index contributed by atoms with van der Waals surface area (Å²) in [6.07, 6.45) is -3.46. The van der Waals surface area contributed by atoms with E-state index in [-0.39, 0.29) is 5.56 Å². The van der Waals surface area contributed by atoms with Crippen LogP contribution in [-0.4, -0.2) is 26.8 Å². The van der Waals surface area contributed by atoms with Crippen molar-refractivity contribution in [1.82, 2.24) is 9.78 Å². The summed E-state index contributed by atoms with van der Waals surface area (Å²) in [6, 6.07) is 18.5. The first-order valence-electron chi connectivity index (χ1n) is 8.99. The van der Waals surface area contributed by atoms with Gasteiger partial charge in [-0.3, -0.25) is 0 Å². The van der Waals surface area contributed by atoms with E-state index in [1.807, 2.05) is 30.3 Å². The van der Waals surface area contributed by atoms with Crippen molar-refractivity contribution in [3.8, 4) is 5.69 Å². The van der Waals surface area contributed by atoms with Gasteiger partial charge in [-0.25, -0.2) is 9.07 Å². The van der Waals surface area contributed by atoms with Crippen LogP contribution >= 0.6 is 11.8 Å². The lowest BCUT2D eigenvalue weighted by Gasteiger charge is -2.30. The molecule has 0 bridgehead atoms. The molecule has 0 saturated heterocycles. The number of benzene rings is 3. The van der Waals surface area contributed by atoms with E-state index in [0.717, 1.165) is 23.5 Å². The van der Waals surface area contributed by atoms with Crippen molar-refractivity contribution in [2.45, 2.75) is 16.7 Å². The number of rotatable bonds is 5. The fourth-order valence-corrected chi connectivity index (χ4v) is 4.22. The third kappa shape index (κ3) is 3.80. The number of para-hydroxylation sites is 1. The van der Waals surface area contributed by atoms with Crippen molar-refractivity contribution in [2.75, 3.05) is 5.75 Å². The van der Waals surface area contributed by atoms with Gasteiger partial charge in [0.2, 0.25) is 0 Å². The van der Waals surface area contributed by atoms with Gasteiger partial charge in [0.15, 0.2) is 5.60 Å². The molecular formula is C22H16F4N2OS. The summed E-state index contributed by atoms with van der Waals surface area (Å²) in [7, 11) is 0. The Morgan fingerprint density at radius 1 is 0.933 bits per heavy atom. The number of aromatic nitrogens is 2. The Morgan fingerprint density at radius 2 is 1.70 bits per heavy atom. The normalized spacial score (nSPS) is 14.0. The van der Waals surface area contributed by atoms with Gasteiger partial charge in [0.25, 0.3) is 0 Å². The minimum atomic E-state index is -4.92. The van der Waals surface area contributed by atoms with Crippen LogP contribution in [0, 0.1) is 5.82 Å². The average molecular weight is 432 g/mol. The zero-order valence-electron chi connectivity index (χ0n) is 15.5. The summed E-state index contributed by atoms with van der Waals surface area (Å²) in [6.45, 7) is 0. The van der Waals surface area contributed by atoms with E-state index in [2.05, 4.69) is 5.10 Å². The molecule has 1 heterocycles. The average Bonchev–Trinajstić information content (AvgIpc) is 3.15. The number of aliphatic hydroxyl groups is 1. The summed E-state index contributed by atoms with van der Waals surface area (Å²) < 4.78 is 56.6. The van der Waals surface area contributed by atoms with Gasteiger partial charge < -0.3 is 5.11 Å². The number of fused-ring (bicyclic) bond motifs is 1. The van der Waals surface area contributed by atoms with E-state index in [1.165, 1.54) is 42.6 Å². The molecule has 0 radical (unpaired) electrons. The number of nitrogens with zero attached hydrogens (tertiary/aromatic N) is 2. The molecule has 4 rings (SSSR count). The van der Waals surface area contributed by atoms with Crippen LogP contribution in [0.5, 0.6) is 0 Å². The Bertz CT molecular complexity index is 1180. The van der Waals surface area contributed by atoms with E-state index in [9.17, 15) is 22.7 Å². The van der Waals surface area contributed by atoms with Crippen LogP contribution in [0.4, 0.5) is 17.6 Å². The van der Waals surface area contributed by atoms with Crippen molar-refractivity contribution in [3.05, 3.63) is 90.4 Å². The molecule has 1 N–H and O–H groups in total. The molecule has 3 aromatic carbocycles. The molecule has 1 atom stereocenters. The van der Waals surface area contributed by atoms with Gasteiger partial charge in [-0.05, 0) is 48.0 Å². The lowest BCUT2D eigenvalue weighted by atomic mass is 9.94. The third-order valence-electron chi connectivity index (χ3n) is 4.76. The number of alkyl halides is 3. The van der Waals surface area contributed by atoms with Gasteiger partial charge >= 0.3 is 6.18 Å². The largest absolute Gasteiger partial charge is 0.422 e. The molecule has 154 valence electrons. The molecule has 8 heteroatoms. The topological polar surface area (TPSA) is 38.1 Å². The van der Waals surface area contributed by atoms with E-state index >= 15 is 0 Å². The molecule has 0 aliphatic rings. The standard InChI is InChI=1S/C22H16F4N2OS/c23-17-5-4-8-19(12-17)30-14-21(29,22(24,25)26)16-9-10-20-15(11-16)13-27-28(20)18-6-2-1-3-7-18/h1-13,29H,14H2. The van der Waals surface area contributed by atoms with Crippen LogP contribution in [0.3, 0.4) is 0 Å². The van der Waals surface area contributed by atoms with Crippen LogP contribution in [-0.2, 0) is 5.60 Å². The van der Waals surface area contributed by atoms with Gasteiger partial charge in [0.1, 0.15) is 5.82 Å². The van der Waals surface area contributed by atoms with Crippen molar-refractivity contribution >= 4 is 22.7 Å². The predicted molar refractivity (Wildman–Crippen MR) is 108 cm³/mol. The summed E-state index contributed by atoms with van der Waals surface area (Å²) >= 11 is 0.740. The molecule has 1 unspecified atom stereocenters. The molecule has 0 spiro atoms. The second-order valence-corrected chi connectivity index (χ2v) is 7.82. The second-order valence-electron chi connectivity index (χ2n) is 6.77. The third-order valence-corrected chi connectivity index (χ3v) is 5.91. The lowest BCUT2D eigenvalue weighted by molar-refractivity contribution is -0.256. The lowest BCUT2D eigenvalue weighted by Crippen LogP contribution is -2.44. The Hall–Kier alpha value is -2.84. The first-order chi connectivity index (χ1) is 14.3. The van der Waals surface area contributed by atoms with Crippen LogP contribution in [0.25, 0.3) is 16.6 Å². The van der Waals surface area contributed by atoms with Gasteiger partial charge in [0.05, 0.1) is 17.4 Å². The molecule has 1 aromatic heterocycles. The van der Waals surface area contributed by atoms with Crippen LogP contribution in [0.1, 0.15) is 5.56 Å². The highest BCUT2D eigenvalue weighted by Gasteiger charge is 2.55. The number of hydrogen-bond acceptors (Lipinski definition) is 3. The van der Waals surface area contributed by atoms with Gasteiger partial charge in [-0.15, -0.1) is 11.8 Å². The Balaban J connectivity index is 1.70. The van der Waals surface area contributed by atoms with Crippen LogP contribution in [0.15, 0.2) is 83.9 Å². The molecule has 0 saturated carbocycles. The van der Waals surface area contributed by atoms with Crippen LogP contribution in [0.2, 0.25) is 0 Å². The van der Waals surface area contributed by atoms with E-state index in [1.54, 1.807) is 4.68 Å². The fourth-order valence-electron chi connectivity index (χ4n) is 3.14. The van der Waals surface area contributed by atoms with E-state index in [4.69, 9.17) is 0 Å². The number of hydrogen-bond donors (Lipinski definition) is 1. The van der Waals surface area contributed by atoms with Crippen molar-refractivity contribution in [1.29, 1.82) is 0 Å². The maximum atomic E-state index is 13.9. The van der Waals surface area contributed by atoms with E-state index in [0.29, 0.717) is 15.8 Å². The molecule has 30 heavy (non-hydrogen) atoms. The Labute approximate surface area is 174 Å². The quantitative estimate of drug-likeness (QED) is 0.324. The maximum Gasteiger partial charge on any atom is 0.422 e. The summed E-state index contributed by atoms with van der Waals surface area (Å²) in [5.74, 6) is -1.26. The highest BCUT2D eigenvalue weighted by atomic mass is 32.2. The van der Waals surface area contributed by atoms with Crippen molar-refractivity contribution in [2.24, 2.45) is 0 Å². The highest BCUT2D eigenvalue weighted by Crippen LogP contribution is 2.43. The van der Waals surface area contributed by atoms with Crippen LogP contribution < -0.4 is 0 Å². The second kappa shape index (κ2) is 7.77. The minimum absolute atomic E-state index is 0.293. The molecule has 0 aliphatic carbocycles. The van der Waals surface area contributed by atoms with Crippen molar-refractivity contribution < 1.29 is 22.7 Å². The zero-order valence-corrected chi connectivity index (χ0v) is 16.3. The SMILES string of the molecule is OC(CSc1cccc(F)c1)(c1ccc2c(cnn2-c2ccccc2)c1)C(F)(F)F. The van der Waals surface area contributed by atoms with Gasteiger partial charge in [0, 0.05) is 16.0 Å². The number of thioether (sulfide) groups is 1.